The van der Waals surface area contributed by atoms with Crippen molar-refractivity contribution in [2.24, 2.45) is 5.92 Å². The van der Waals surface area contributed by atoms with E-state index in [2.05, 4.69) is 13.8 Å². The van der Waals surface area contributed by atoms with Gasteiger partial charge in [0.05, 0.1) is 12.2 Å². The molecule has 4 atom stereocenters. The summed E-state index contributed by atoms with van der Waals surface area (Å²) < 4.78 is 0. The Morgan fingerprint density at radius 1 is 0.824 bits per heavy atom. The predicted octanol–water partition coefficient (Wildman–Crippen LogP) is 0.618. The van der Waals surface area contributed by atoms with Crippen LogP contribution in [0.3, 0.4) is 0 Å². The Morgan fingerprint density at radius 2 is 1.35 bits per heavy atom. The van der Waals surface area contributed by atoms with E-state index in [0.29, 0.717) is 11.7 Å². The van der Waals surface area contributed by atoms with Crippen molar-refractivity contribution in [3.63, 3.8) is 0 Å². The van der Waals surface area contributed by atoms with Gasteiger partial charge in [-0.25, -0.2) is 0 Å². The van der Waals surface area contributed by atoms with Crippen LogP contribution in [0.1, 0.15) is 34.1 Å². The maximum absolute atomic E-state index is 9.70. The fourth-order valence-electron chi connectivity index (χ4n) is 1.42. The highest BCUT2D eigenvalue weighted by molar-refractivity contribution is 7.99. The molecule has 0 aromatic rings. The number of thioether (sulfide) groups is 1. The summed E-state index contributed by atoms with van der Waals surface area (Å²) in [5.41, 5.74) is 0. The van der Waals surface area contributed by atoms with Crippen LogP contribution in [0.2, 0.25) is 0 Å². The van der Waals surface area contributed by atoms with Gasteiger partial charge in [0, 0.05) is 0 Å². The molecule has 0 fully saturated rings. The van der Waals surface area contributed by atoms with Crippen LogP contribution in [0.5, 0.6) is 0 Å². The molecule has 0 heterocycles. The molecule has 17 heavy (non-hydrogen) atoms. The average Bonchev–Trinajstić information content (AvgIpc) is 2.25. The zero-order valence-corrected chi connectivity index (χ0v) is 11.9. The number of aliphatic hydroxyl groups is 4. The summed E-state index contributed by atoms with van der Waals surface area (Å²) >= 11 is 1.69. The molecule has 0 aromatic heterocycles. The predicted molar refractivity (Wildman–Crippen MR) is 71.1 cm³/mol. The Hall–Kier alpha value is 0.190. The fraction of sp³-hybridized carbons (Fsp3) is 1.00. The van der Waals surface area contributed by atoms with E-state index in [1.54, 1.807) is 25.6 Å². The van der Waals surface area contributed by atoms with Crippen molar-refractivity contribution >= 4 is 11.8 Å². The van der Waals surface area contributed by atoms with E-state index in [1.807, 2.05) is 0 Å². The monoisotopic (exact) mass is 266 g/mol. The van der Waals surface area contributed by atoms with Gasteiger partial charge < -0.3 is 20.4 Å². The Kier molecular flexibility index (Phi) is 8.41. The van der Waals surface area contributed by atoms with Gasteiger partial charge in [-0.1, -0.05) is 27.7 Å². The molecule has 0 aliphatic rings. The lowest BCUT2D eigenvalue weighted by molar-refractivity contribution is -0.115. The minimum atomic E-state index is -1.30. The number of hydrogen-bond acceptors (Lipinski definition) is 5. The van der Waals surface area contributed by atoms with Crippen LogP contribution in [0.4, 0.5) is 0 Å². The highest BCUT2D eigenvalue weighted by Gasteiger charge is 2.31. The summed E-state index contributed by atoms with van der Waals surface area (Å²) in [6.45, 7) is 7.62. The van der Waals surface area contributed by atoms with Gasteiger partial charge in [-0.3, -0.25) is 0 Å². The molecule has 0 aliphatic heterocycles. The van der Waals surface area contributed by atoms with Gasteiger partial charge in [0.2, 0.25) is 0 Å². The van der Waals surface area contributed by atoms with E-state index in [1.165, 1.54) is 0 Å². The zero-order chi connectivity index (χ0) is 13.6. The summed E-state index contributed by atoms with van der Waals surface area (Å²) in [7, 11) is 0. The van der Waals surface area contributed by atoms with Crippen LogP contribution in [0, 0.1) is 5.92 Å². The molecule has 1 unspecified atom stereocenters. The summed E-state index contributed by atoms with van der Waals surface area (Å²) in [5, 5.41) is 39.1. The first-order valence-corrected chi connectivity index (χ1v) is 7.16. The van der Waals surface area contributed by atoms with E-state index in [0.717, 1.165) is 5.75 Å². The minimum absolute atomic E-state index is 0.156. The van der Waals surface area contributed by atoms with Crippen molar-refractivity contribution in [1.29, 1.82) is 0 Å². The first-order chi connectivity index (χ1) is 7.77. The number of aliphatic hydroxyl groups excluding tert-OH is 4. The van der Waals surface area contributed by atoms with E-state index in [-0.39, 0.29) is 5.92 Å². The molecule has 5 heteroatoms. The van der Waals surface area contributed by atoms with Gasteiger partial charge in [-0.2, -0.15) is 11.8 Å². The van der Waals surface area contributed by atoms with Crippen molar-refractivity contribution in [3.05, 3.63) is 0 Å². The first kappa shape index (κ1) is 17.2. The molecule has 4 nitrogen and oxygen atoms in total. The third-order valence-electron chi connectivity index (χ3n) is 2.64. The number of rotatable bonds is 8. The standard InChI is InChI=1S/C12H26O4S/c1-7(2)10(14)12(16)11(15)9(13)5-6-17-8(3)4/h7-16H,5-6H2,1-4H3/t9-,10+,11+,12?/m1/s1. The lowest BCUT2D eigenvalue weighted by Gasteiger charge is -2.28. The van der Waals surface area contributed by atoms with Crippen molar-refractivity contribution in [1.82, 2.24) is 0 Å². The smallest absolute Gasteiger partial charge is 0.108 e. The fourth-order valence-corrected chi connectivity index (χ4v) is 2.27. The zero-order valence-electron chi connectivity index (χ0n) is 11.1. The topological polar surface area (TPSA) is 80.9 Å². The Morgan fingerprint density at radius 3 is 1.76 bits per heavy atom. The summed E-state index contributed by atoms with van der Waals surface area (Å²) in [6.07, 6.45) is -4.19. The highest BCUT2D eigenvalue weighted by Crippen LogP contribution is 2.17. The Labute approximate surface area is 108 Å². The molecule has 0 saturated heterocycles. The molecule has 0 aromatic carbocycles. The second kappa shape index (κ2) is 8.32. The molecule has 0 amide bonds. The third kappa shape index (κ3) is 6.62. The van der Waals surface area contributed by atoms with E-state index in [9.17, 15) is 20.4 Å². The minimum Gasteiger partial charge on any atom is -0.390 e. The van der Waals surface area contributed by atoms with Crippen molar-refractivity contribution in [3.8, 4) is 0 Å². The second-order valence-electron chi connectivity index (χ2n) is 4.99. The van der Waals surface area contributed by atoms with Crippen LogP contribution >= 0.6 is 11.8 Å². The van der Waals surface area contributed by atoms with Crippen LogP contribution in [0.25, 0.3) is 0 Å². The van der Waals surface area contributed by atoms with Gasteiger partial charge in [0.25, 0.3) is 0 Å². The van der Waals surface area contributed by atoms with E-state index < -0.39 is 24.4 Å². The normalized spacial score (nSPS) is 19.4. The van der Waals surface area contributed by atoms with Crippen LogP contribution in [-0.2, 0) is 0 Å². The molecule has 0 spiro atoms. The molecule has 0 saturated carbocycles. The summed E-state index contributed by atoms with van der Waals surface area (Å²) in [5.74, 6) is 0.567. The van der Waals surface area contributed by atoms with Crippen molar-refractivity contribution in [2.75, 3.05) is 5.75 Å². The van der Waals surface area contributed by atoms with Crippen LogP contribution in [-0.4, -0.2) is 55.8 Å². The largest absolute Gasteiger partial charge is 0.390 e. The SMILES string of the molecule is CC(C)SCC[C@@H](O)[C@H](O)C(O)[C@@H](O)C(C)C. The highest BCUT2D eigenvalue weighted by atomic mass is 32.2. The maximum Gasteiger partial charge on any atom is 0.108 e. The van der Waals surface area contributed by atoms with Gasteiger partial charge >= 0.3 is 0 Å². The van der Waals surface area contributed by atoms with Gasteiger partial charge in [0.1, 0.15) is 12.2 Å². The summed E-state index contributed by atoms with van der Waals surface area (Å²) in [6, 6.07) is 0. The van der Waals surface area contributed by atoms with Gasteiger partial charge in [-0.15, -0.1) is 0 Å². The lowest BCUT2D eigenvalue weighted by atomic mass is 9.94. The molecule has 0 radical (unpaired) electrons. The second-order valence-corrected chi connectivity index (χ2v) is 6.68. The maximum atomic E-state index is 9.70. The number of hydrogen-bond donors (Lipinski definition) is 4. The summed E-state index contributed by atoms with van der Waals surface area (Å²) in [4.78, 5) is 0. The van der Waals surface area contributed by atoms with E-state index in [4.69, 9.17) is 0 Å². The van der Waals surface area contributed by atoms with Crippen LogP contribution < -0.4 is 0 Å². The van der Waals surface area contributed by atoms with Crippen LogP contribution in [0.15, 0.2) is 0 Å². The first-order valence-electron chi connectivity index (χ1n) is 6.11. The Bertz CT molecular complexity index is 199. The third-order valence-corrected chi connectivity index (χ3v) is 3.78. The molecule has 0 bridgehead atoms. The van der Waals surface area contributed by atoms with Crippen molar-refractivity contribution in [2.45, 2.75) is 63.8 Å². The molecule has 104 valence electrons. The Balaban J connectivity index is 4.06. The molecule has 0 rings (SSSR count). The van der Waals surface area contributed by atoms with E-state index >= 15 is 0 Å². The molecular weight excluding hydrogens is 240 g/mol. The lowest BCUT2D eigenvalue weighted by Crippen LogP contribution is -2.46. The molecular formula is C12H26O4S. The quantitative estimate of drug-likeness (QED) is 0.518. The van der Waals surface area contributed by atoms with Gasteiger partial charge in [0.15, 0.2) is 0 Å². The van der Waals surface area contributed by atoms with Crippen molar-refractivity contribution < 1.29 is 20.4 Å². The molecule has 4 N–H and O–H groups in total. The van der Waals surface area contributed by atoms with Gasteiger partial charge in [-0.05, 0) is 23.3 Å². The molecule has 0 aliphatic carbocycles. The average molecular weight is 266 g/mol.